The molecule has 2 atom stereocenters. The van der Waals surface area contributed by atoms with Gasteiger partial charge < -0.3 is 5.11 Å². The fraction of sp³-hybridized carbons (Fsp3) is 0.562. The van der Waals surface area contributed by atoms with Crippen LogP contribution in [-0.4, -0.2) is 48.2 Å². The van der Waals surface area contributed by atoms with Crippen LogP contribution in [0, 0.1) is 11.7 Å². The van der Waals surface area contributed by atoms with Gasteiger partial charge in [-0.15, -0.1) is 0 Å². The fourth-order valence-corrected chi connectivity index (χ4v) is 3.68. The molecule has 0 aliphatic carbocycles. The molecule has 2 aliphatic rings. The number of benzene rings is 1. The molecule has 1 aromatic rings. The lowest BCUT2D eigenvalue weighted by atomic mass is 9.80. The number of hydrogen-bond acceptors (Lipinski definition) is 4. The Morgan fingerprint density at radius 3 is 2.82 bits per heavy atom. The van der Waals surface area contributed by atoms with E-state index < -0.39 is 5.97 Å². The van der Waals surface area contributed by atoms with Crippen LogP contribution in [0.4, 0.5) is 4.39 Å². The van der Waals surface area contributed by atoms with E-state index in [0.29, 0.717) is 5.92 Å². The van der Waals surface area contributed by atoms with Crippen LogP contribution in [0.5, 0.6) is 0 Å². The minimum absolute atomic E-state index is 0.121. The second-order valence-corrected chi connectivity index (χ2v) is 6.22. The molecule has 22 heavy (non-hydrogen) atoms. The Labute approximate surface area is 129 Å². The summed E-state index contributed by atoms with van der Waals surface area (Å²) in [6, 6.07) is 7.10. The molecule has 2 unspecified atom stereocenters. The van der Waals surface area contributed by atoms with Gasteiger partial charge >= 0.3 is 5.97 Å². The highest BCUT2D eigenvalue weighted by molar-refractivity contribution is 5.69. The van der Waals surface area contributed by atoms with Crippen molar-refractivity contribution in [2.24, 2.45) is 5.92 Å². The molecular weight excluding hydrogens is 285 g/mol. The number of nitrogens with zero attached hydrogens (tertiary/aromatic N) is 1. The standard InChI is InChI=1S/C16H22FN3O2/c17-13-3-1-2-12(8-13)14-9-18-19-16(14)11-4-6-20(7-5-11)10-15(21)22/h1-3,8,11,14,16,18-19H,4-7,9-10H2,(H,21,22). The molecule has 0 aromatic heterocycles. The molecule has 2 heterocycles. The van der Waals surface area contributed by atoms with Crippen molar-refractivity contribution in [1.29, 1.82) is 0 Å². The first-order chi connectivity index (χ1) is 10.6. The normalized spacial score (nSPS) is 27.1. The second-order valence-electron chi connectivity index (χ2n) is 6.22. The van der Waals surface area contributed by atoms with E-state index in [1.54, 1.807) is 12.1 Å². The molecule has 2 saturated heterocycles. The Hall–Kier alpha value is -1.50. The summed E-state index contributed by atoms with van der Waals surface area (Å²) >= 11 is 0. The van der Waals surface area contributed by atoms with Crippen molar-refractivity contribution in [2.75, 3.05) is 26.2 Å². The molecule has 0 saturated carbocycles. The largest absolute Gasteiger partial charge is 0.480 e. The van der Waals surface area contributed by atoms with Gasteiger partial charge in [0.2, 0.25) is 0 Å². The van der Waals surface area contributed by atoms with Crippen LogP contribution in [0.25, 0.3) is 0 Å². The molecule has 0 radical (unpaired) electrons. The van der Waals surface area contributed by atoms with Crippen molar-refractivity contribution in [3.63, 3.8) is 0 Å². The molecular formula is C16H22FN3O2. The van der Waals surface area contributed by atoms with E-state index in [1.807, 2.05) is 11.0 Å². The topological polar surface area (TPSA) is 64.6 Å². The number of likely N-dealkylation sites (tertiary alicyclic amines) is 1. The first-order valence-electron chi connectivity index (χ1n) is 7.81. The number of carboxylic acids is 1. The number of carbonyl (C=O) groups is 1. The predicted octanol–water partition coefficient (Wildman–Crippen LogP) is 1.18. The summed E-state index contributed by atoms with van der Waals surface area (Å²) in [5.41, 5.74) is 7.57. The summed E-state index contributed by atoms with van der Waals surface area (Å²) in [4.78, 5) is 12.8. The maximum Gasteiger partial charge on any atom is 0.317 e. The van der Waals surface area contributed by atoms with E-state index in [2.05, 4.69) is 10.9 Å². The van der Waals surface area contributed by atoms with Crippen molar-refractivity contribution in [2.45, 2.75) is 24.8 Å². The minimum Gasteiger partial charge on any atom is -0.480 e. The van der Waals surface area contributed by atoms with Crippen molar-refractivity contribution in [3.8, 4) is 0 Å². The number of halogens is 1. The summed E-state index contributed by atoms with van der Waals surface area (Å²) < 4.78 is 13.5. The van der Waals surface area contributed by atoms with E-state index in [4.69, 9.17) is 5.11 Å². The summed E-state index contributed by atoms with van der Waals surface area (Å²) in [6.45, 7) is 2.54. The molecule has 0 spiro atoms. The smallest absolute Gasteiger partial charge is 0.317 e. The molecule has 5 nitrogen and oxygen atoms in total. The van der Waals surface area contributed by atoms with Gasteiger partial charge in [0.15, 0.2) is 0 Å². The Bertz CT molecular complexity index is 532. The predicted molar refractivity (Wildman–Crippen MR) is 80.9 cm³/mol. The Morgan fingerprint density at radius 2 is 2.14 bits per heavy atom. The summed E-state index contributed by atoms with van der Waals surface area (Å²) in [5.74, 6) is -0.226. The molecule has 0 amide bonds. The van der Waals surface area contributed by atoms with Gasteiger partial charge in [0.1, 0.15) is 5.82 Å². The van der Waals surface area contributed by atoms with Gasteiger partial charge in [0.05, 0.1) is 6.54 Å². The summed E-state index contributed by atoms with van der Waals surface area (Å²) in [6.07, 6.45) is 1.94. The zero-order valence-electron chi connectivity index (χ0n) is 12.5. The summed E-state index contributed by atoms with van der Waals surface area (Å²) in [7, 11) is 0. The van der Waals surface area contributed by atoms with Crippen molar-refractivity contribution in [1.82, 2.24) is 15.8 Å². The van der Waals surface area contributed by atoms with E-state index in [-0.39, 0.29) is 24.3 Å². The van der Waals surface area contributed by atoms with Crippen LogP contribution in [-0.2, 0) is 4.79 Å². The van der Waals surface area contributed by atoms with Crippen LogP contribution >= 0.6 is 0 Å². The van der Waals surface area contributed by atoms with E-state index in [1.165, 1.54) is 6.07 Å². The highest BCUT2D eigenvalue weighted by Gasteiger charge is 2.36. The SMILES string of the molecule is O=C(O)CN1CCC(C2NNCC2c2cccc(F)c2)CC1. The maximum atomic E-state index is 13.5. The van der Waals surface area contributed by atoms with E-state index in [9.17, 15) is 9.18 Å². The van der Waals surface area contributed by atoms with Crippen LogP contribution in [0.15, 0.2) is 24.3 Å². The number of piperidine rings is 1. The molecule has 3 rings (SSSR count). The third kappa shape index (κ3) is 3.45. The van der Waals surface area contributed by atoms with Crippen molar-refractivity contribution < 1.29 is 14.3 Å². The molecule has 0 bridgehead atoms. The van der Waals surface area contributed by atoms with Gasteiger partial charge in [-0.05, 0) is 49.5 Å². The fourth-order valence-electron chi connectivity index (χ4n) is 3.68. The van der Waals surface area contributed by atoms with E-state index in [0.717, 1.165) is 38.0 Å². The number of rotatable bonds is 4. The van der Waals surface area contributed by atoms with Crippen LogP contribution < -0.4 is 10.9 Å². The third-order valence-corrected chi connectivity index (χ3v) is 4.80. The van der Waals surface area contributed by atoms with Crippen LogP contribution in [0.1, 0.15) is 24.3 Å². The van der Waals surface area contributed by atoms with Crippen molar-refractivity contribution >= 4 is 5.97 Å². The van der Waals surface area contributed by atoms with Gasteiger partial charge in [-0.3, -0.25) is 20.5 Å². The van der Waals surface area contributed by atoms with Crippen molar-refractivity contribution in [3.05, 3.63) is 35.6 Å². The van der Waals surface area contributed by atoms with Gasteiger partial charge in [0.25, 0.3) is 0 Å². The Morgan fingerprint density at radius 1 is 1.36 bits per heavy atom. The van der Waals surface area contributed by atoms with Gasteiger partial charge in [-0.2, -0.15) is 0 Å². The Balaban J connectivity index is 1.63. The Kier molecular flexibility index (Phi) is 4.71. The quantitative estimate of drug-likeness (QED) is 0.780. The molecule has 1 aromatic carbocycles. The zero-order valence-corrected chi connectivity index (χ0v) is 12.5. The number of aliphatic carboxylic acids is 1. The van der Waals surface area contributed by atoms with Gasteiger partial charge in [-0.25, -0.2) is 4.39 Å². The number of nitrogens with one attached hydrogen (secondary N) is 2. The number of carboxylic acid groups (broad SMARTS) is 1. The van der Waals surface area contributed by atoms with Crippen LogP contribution in [0.3, 0.4) is 0 Å². The first kappa shape index (κ1) is 15.4. The lowest BCUT2D eigenvalue weighted by Crippen LogP contribution is -2.45. The summed E-state index contributed by atoms with van der Waals surface area (Å²) in [5, 5.41) is 8.86. The van der Waals surface area contributed by atoms with E-state index >= 15 is 0 Å². The first-order valence-corrected chi connectivity index (χ1v) is 7.81. The monoisotopic (exact) mass is 307 g/mol. The molecule has 2 aliphatic heterocycles. The average molecular weight is 307 g/mol. The lowest BCUT2D eigenvalue weighted by molar-refractivity contribution is -0.138. The van der Waals surface area contributed by atoms with Crippen LogP contribution in [0.2, 0.25) is 0 Å². The molecule has 120 valence electrons. The molecule has 3 N–H and O–H groups in total. The van der Waals surface area contributed by atoms with Gasteiger partial charge in [-0.1, -0.05) is 12.1 Å². The highest BCUT2D eigenvalue weighted by atomic mass is 19.1. The minimum atomic E-state index is -0.767. The molecule has 2 fully saturated rings. The highest BCUT2D eigenvalue weighted by Crippen LogP contribution is 2.32. The number of hydrazine groups is 1. The van der Waals surface area contributed by atoms with Gasteiger partial charge in [0, 0.05) is 18.5 Å². The zero-order chi connectivity index (χ0) is 15.5. The third-order valence-electron chi connectivity index (χ3n) is 4.80. The number of hydrogen-bond donors (Lipinski definition) is 3. The lowest BCUT2D eigenvalue weighted by Gasteiger charge is -2.35. The maximum absolute atomic E-state index is 13.5. The second kappa shape index (κ2) is 6.73. The molecule has 6 heteroatoms. The average Bonchev–Trinajstić information content (AvgIpc) is 2.97.